The quantitative estimate of drug-likeness (QED) is 0.0186. The van der Waals surface area contributed by atoms with E-state index in [0.29, 0.717) is 68.2 Å². The molecule has 138 heavy (non-hydrogen) atoms. The third kappa shape index (κ3) is 28.6. The van der Waals surface area contributed by atoms with E-state index in [1.54, 1.807) is 92.0 Å². The number of anilines is 4. The summed E-state index contributed by atoms with van der Waals surface area (Å²) in [5, 5.41) is 64.8. The van der Waals surface area contributed by atoms with Gasteiger partial charge in [0.1, 0.15) is 46.0 Å². The lowest BCUT2D eigenvalue weighted by Crippen LogP contribution is -2.47. The Bertz CT molecular complexity index is 5600. The molecule has 38 heteroatoms. The van der Waals surface area contributed by atoms with Crippen molar-refractivity contribution < 1.29 is 70.3 Å². The van der Waals surface area contributed by atoms with Crippen LogP contribution in [0.4, 0.5) is 32.1 Å². The maximum absolute atomic E-state index is 14.1. The fourth-order valence-electron chi connectivity index (χ4n) is 15.9. The molecule has 4 aliphatic heterocycles. The number of nitrogens with zero attached hydrogens (tertiary/aromatic N) is 12. The fourth-order valence-corrected chi connectivity index (χ4v) is 20.0. The molecule has 8 aromatic rings. The first-order chi connectivity index (χ1) is 65.2. The van der Waals surface area contributed by atoms with Gasteiger partial charge in [-0.05, 0) is 268 Å². The van der Waals surface area contributed by atoms with E-state index >= 15 is 0 Å². The molecule has 0 unspecified atom stereocenters. The Hall–Kier alpha value is -10.2. The molecule has 0 spiro atoms. The minimum atomic E-state index is -2.97. The maximum Gasteiger partial charge on any atom is 0.280 e. The van der Waals surface area contributed by atoms with Gasteiger partial charge < -0.3 is 82.6 Å². The van der Waals surface area contributed by atoms with Gasteiger partial charge in [0.05, 0.1) is 63.3 Å². The van der Waals surface area contributed by atoms with Gasteiger partial charge in [-0.3, -0.25) is 38.4 Å². The molecule has 5 fully saturated rings. The van der Waals surface area contributed by atoms with Gasteiger partial charge in [-0.25, -0.2) is 48.7 Å². The Morgan fingerprint density at radius 1 is 0.457 bits per heavy atom. The van der Waals surface area contributed by atoms with Crippen molar-refractivity contribution in [3.05, 3.63) is 114 Å². The number of alkyl halides is 2. The van der Waals surface area contributed by atoms with E-state index < -0.39 is 95.5 Å². The van der Waals surface area contributed by atoms with Gasteiger partial charge in [-0.15, -0.1) is 45.3 Å². The molecule has 13 rings (SSSR count). The van der Waals surface area contributed by atoms with Crippen LogP contribution in [0.2, 0.25) is 0 Å². The van der Waals surface area contributed by atoms with Crippen LogP contribution in [0, 0.1) is 33.1 Å². The molecule has 9 atom stereocenters. The highest BCUT2D eigenvalue weighted by Crippen LogP contribution is 2.44. The molecule has 0 radical (unpaired) electrons. The van der Waals surface area contributed by atoms with E-state index in [4.69, 9.17) is 2.74 Å². The molecular formula is C100H144F2N20O12S4. The van der Waals surface area contributed by atoms with Crippen LogP contribution in [-0.4, -0.2) is 256 Å². The molecule has 32 nitrogen and oxygen atoms in total. The lowest BCUT2D eigenvalue weighted by Gasteiger charge is -2.38. The van der Waals surface area contributed by atoms with Crippen LogP contribution in [-0.2, 0) is 0 Å². The number of thiazole rings is 4. The van der Waals surface area contributed by atoms with Gasteiger partial charge in [0.25, 0.3) is 53.2 Å². The van der Waals surface area contributed by atoms with Crippen LogP contribution in [0.1, 0.15) is 335 Å². The molecule has 754 valence electrons. The molecule has 4 saturated heterocycles. The highest BCUT2D eigenvalue weighted by Gasteiger charge is 2.47. The molecule has 8 amide bonds. The number of hydrogen-bond donors (Lipinski definition) is 12. The van der Waals surface area contributed by atoms with Gasteiger partial charge in [0.15, 0.2) is 20.0 Å². The van der Waals surface area contributed by atoms with Crippen molar-refractivity contribution in [2.24, 2.45) is 5.41 Å². The molecule has 12 N–H and O–H groups in total. The maximum atomic E-state index is 14.1. The predicted molar refractivity (Wildman–Crippen MR) is 544 cm³/mol. The number of carbonyl (C=O) groups is 8. The highest BCUT2D eigenvalue weighted by molar-refractivity contribution is 7.18. The zero-order chi connectivity index (χ0) is 104. The molecule has 0 aromatic carbocycles. The first-order valence-corrected chi connectivity index (χ1v) is 51.2. The zero-order valence-corrected chi connectivity index (χ0v) is 87.8. The van der Waals surface area contributed by atoms with Gasteiger partial charge in [0.2, 0.25) is 0 Å². The van der Waals surface area contributed by atoms with Crippen LogP contribution in [0.25, 0.3) is 41.8 Å². The molecular weight excluding hydrogens is 1840 g/mol. The molecule has 5 aliphatic rings. The number of nitrogens with one attached hydrogen (secondary N) is 8. The molecule has 0 bridgehead atoms. The summed E-state index contributed by atoms with van der Waals surface area (Å²) in [5.41, 5.74) is 2.30. The lowest BCUT2D eigenvalue weighted by molar-refractivity contribution is 0.0117. The van der Waals surface area contributed by atoms with Crippen molar-refractivity contribution >= 4 is 116 Å². The smallest absolute Gasteiger partial charge is 0.280 e. The summed E-state index contributed by atoms with van der Waals surface area (Å²) in [6.07, 6.45) is 18.5. The zero-order valence-electron chi connectivity index (χ0n) is 86.6. The number of halogens is 2. The summed E-state index contributed by atoms with van der Waals surface area (Å²) in [6, 6.07) is 7.26. The minimum Gasteiger partial charge on any atom is -0.389 e. The second kappa shape index (κ2) is 46.0. The van der Waals surface area contributed by atoms with Gasteiger partial charge >= 0.3 is 0 Å². The van der Waals surface area contributed by atoms with Crippen molar-refractivity contribution in [1.29, 1.82) is 0 Å². The lowest BCUT2D eigenvalue weighted by atomic mass is 9.70. The Morgan fingerprint density at radius 3 is 1.02 bits per heavy atom. The highest BCUT2D eigenvalue weighted by atomic mass is 32.1. The van der Waals surface area contributed by atoms with E-state index in [-0.39, 0.29) is 96.7 Å². The average molecular weight is 1990 g/mol. The summed E-state index contributed by atoms with van der Waals surface area (Å²) in [7, 11) is 0. The number of carbonyl (C=O) groups excluding carboxylic acids is 8. The number of aromatic nitrogens is 8. The number of amides is 8. The van der Waals surface area contributed by atoms with E-state index in [9.17, 15) is 67.6 Å². The Balaban J connectivity index is 0.000000192. The average Bonchev–Trinajstić information content (AvgIpc) is 1.63. The second-order valence-corrected chi connectivity index (χ2v) is 44.3. The van der Waals surface area contributed by atoms with E-state index in [2.05, 4.69) is 131 Å². The number of aryl methyl sites for hydroxylation is 4. The minimum absolute atomic E-state index is 0.0146. The number of hydrogen-bond acceptors (Lipinski definition) is 28. The van der Waals surface area contributed by atoms with E-state index in [0.717, 1.165) is 143 Å². The predicted octanol–water partition coefficient (Wildman–Crippen LogP) is 16.8. The largest absolute Gasteiger partial charge is 0.389 e. The molecule has 1 saturated carbocycles. The third-order valence-corrected chi connectivity index (χ3v) is 30.4. The van der Waals surface area contributed by atoms with Gasteiger partial charge in [-0.2, -0.15) is 0 Å². The Kier molecular flexibility index (Phi) is 35.6. The molecule has 12 heterocycles. The number of aliphatic hydroxyl groups is 4. The summed E-state index contributed by atoms with van der Waals surface area (Å²) >= 11 is 4.40. The first kappa shape index (κ1) is 107. The monoisotopic (exact) mass is 1990 g/mol. The molecule has 1 aliphatic carbocycles. The van der Waals surface area contributed by atoms with Crippen LogP contribution < -0.4 is 42.5 Å². The topological polar surface area (TPSA) is 430 Å². The summed E-state index contributed by atoms with van der Waals surface area (Å²) in [4.78, 5) is 150. The van der Waals surface area contributed by atoms with Gasteiger partial charge in [0, 0.05) is 135 Å². The van der Waals surface area contributed by atoms with Crippen LogP contribution in [0.15, 0.2) is 49.1 Å². The van der Waals surface area contributed by atoms with Crippen LogP contribution in [0.5, 0.6) is 0 Å². The number of rotatable bonds is 32. The van der Waals surface area contributed by atoms with E-state index in [1.165, 1.54) is 55.8 Å². The number of pyridine rings is 4. The third-order valence-electron chi connectivity index (χ3n) is 26.0. The fraction of sp³-hybridized carbons (Fsp3) is 0.600. The van der Waals surface area contributed by atoms with Gasteiger partial charge in [-0.1, -0.05) is 34.1 Å². The summed E-state index contributed by atoms with van der Waals surface area (Å²) in [5.74, 6) is -3.36. The van der Waals surface area contributed by atoms with Crippen molar-refractivity contribution in [3.63, 3.8) is 0 Å². The van der Waals surface area contributed by atoms with Crippen molar-refractivity contribution in [3.8, 4) is 41.8 Å². The van der Waals surface area contributed by atoms with Crippen molar-refractivity contribution in [1.82, 2.24) is 80.7 Å². The standard InChI is InChI=1S/C26H35F2N5O3S.2C25H37N5O3S.C24H35N5O3S/c1-15-9-18(30-13-25(5)7-6-8-25)29-11-17(15)20-19(23(35)33-14-26(27,28)10-16(33)2)32-22(37-20)21(34)31-12-24(3,4)36;2*1-8-15(3)27-19-12-14(2)18(13-26-19)21-20(24(32)30-11-9-10-16(30)4)29-23(34-21)22(31)28-17(5)25(6,7)33;1-7-15(3)27-18-11-14(2)17(12-25-18)20-19(23(31)29-10-8-9-16(29)4)28-22(33-20)21(30)26-13-24(5,6)32/h9,11,16,36H,6-8,10,12-14H2,1-5H3,(H,29,30)(H,31,34);2*12-13,15-17,33H,8-11H2,1-7H3,(H,26,27)(H,28,31);11-12,15-16,32H,7-10,13H2,1-6H3,(H,25,27)(H,26,30)/t16-;15-,16+,17+;15-,16+,17-;15-,16+/m0111/s1/i;;;13D2. The summed E-state index contributed by atoms with van der Waals surface area (Å²) < 4.78 is 44.2. The first-order valence-electron chi connectivity index (χ1n) is 48.9. The normalized spacial score (nSPS) is 18.8. The number of likely N-dealkylation sites (tertiary alicyclic amines) is 4. The second-order valence-electron chi connectivity index (χ2n) is 40.3. The van der Waals surface area contributed by atoms with Crippen molar-refractivity contribution in [2.75, 3.05) is 67.0 Å². The SMILES string of the molecule is CC[C@@H](C)Nc1cc(C)c(-c2sc(C(=O)N[C@@H](C)C(C)(C)O)nc2C(=O)N2CCC[C@@H]2C)cn1.CC[C@@H](C)Nc1cc(C)c(-c2sc(C(=O)N[C@H](C)C(C)(C)O)nc2C(=O)N2CCC[C@@H]2C)cn1.Cc1cc(NCC2(C)CCC2)ncc1-c1sc(C(=O)NCC(C)(C)O)nc1C(=O)N1CC(F)(F)C[C@@H]1C.[2H]C([2H])(NC(=O)c1nc(C(=O)N2CCC[C@@H]2C)c(-c2cnc(N[C@H](C)CC)cc2C)s1)C(C)(C)O. The Labute approximate surface area is 829 Å². The Morgan fingerprint density at radius 2 is 0.761 bits per heavy atom. The van der Waals surface area contributed by atoms with Crippen LogP contribution in [0.3, 0.4) is 0 Å². The molecule has 8 aromatic heterocycles. The summed E-state index contributed by atoms with van der Waals surface area (Å²) in [6.45, 7) is 45.6. The van der Waals surface area contributed by atoms with Crippen LogP contribution >= 0.6 is 45.3 Å². The van der Waals surface area contributed by atoms with E-state index in [1.807, 2.05) is 82.5 Å². The van der Waals surface area contributed by atoms with Crippen molar-refractivity contribution in [2.45, 2.75) is 339 Å².